The van der Waals surface area contributed by atoms with Gasteiger partial charge in [-0.15, -0.1) is 0 Å². The van der Waals surface area contributed by atoms with Crippen LogP contribution in [-0.2, 0) is 29.6 Å². The molecule has 1 aliphatic rings. The van der Waals surface area contributed by atoms with Crippen molar-refractivity contribution in [1.29, 1.82) is 0 Å². The summed E-state index contributed by atoms with van der Waals surface area (Å²) >= 11 is 0. The van der Waals surface area contributed by atoms with E-state index >= 15 is 0 Å². The van der Waals surface area contributed by atoms with Gasteiger partial charge in [0.15, 0.2) is 11.5 Å². The predicted octanol–water partition coefficient (Wildman–Crippen LogP) is 8.53. The molecule has 7 rings (SSSR count). The van der Waals surface area contributed by atoms with Crippen molar-refractivity contribution in [2.45, 2.75) is 31.1 Å². The number of methoxy groups -OCH3 is 2. The first-order valence-electron chi connectivity index (χ1n) is 16.9. The number of hydrogen-bond donors (Lipinski definition) is 0. The third-order valence-electron chi connectivity index (χ3n) is 9.15. The third-order valence-corrected chi connectivity index (χ3v) is 10.1. The average molecular weight is 773 g/mol. The number of nitrogens with zero attached hydrogens (tertiary/aromatic N) is 2. The van der Waals surface area contributed by atoms with Crippen LogP contribution in [0.4, 0.5) is 17.6 Å². The molecule has 0 atom stereocenters. The maximum Gasteiger partial charge on any atom is 0.534 e. The quantitative estimate of drug-likeness (QED) is 0.0693. The Labute approximate surface area is 313 Å². The number of hydrogen-bond acceptors (Lipinski definition) is 8. The molecule has 1 amide bonds. The Bertz CT molecular complexity index is 2440. The fraction of sp³-hybridized carbons (Fsp3) is 0.171. The second kappa shape index (κ2) is 14.9. The number of ether oxygens (including phenoxy) is 3. The van der Waals surface area contributed by atoms with E-state index in [2.05, 4.69) is 4.98 Å². The van der Waals surface area contributed by atoms with Gasteiger partial charge in [-0.2, -0.15) is 21.6 Å². The van der Waals surface area contributed by atoms with E-state index in [9.17, 15) is 30.8 Å². The Morgan fingerprint density at radius 3 is 2.07 bits per heavy atom. The maximum atomic E-state index is 14.6. The molecule has 9 nitrogen and oxygen atoms in total. The molecule has 0 N–H and O–H groups in total. The molecule has 0 unspecified atom stereocenters. The number of aromatic nitrogens is 1. The Hall–Kier alpha value is -6.15. The van der Waals surface area contributed by atoms with Crippen LogP contribution in [-0.4, -0.2) is 43.9 Å². The fourth-order valence-corrected chi connectivity index (χ4v) is 7.02. The number of benzene rings is 5. The van der Waals surface area contributed by atoms with Gasteiger partial charge in [0.25, 0.3) is 5.91 Å². The van der Waals surface area contributed by atoms with E-state index in [0.717, 1.165) is 0 Å². The zero-order valence-corrected chi connectivity index (χ0v) is 30.2. The summed E-state index contributed by atoms with van der Waals surface area (Å²) in [5.74, 6) is -1.06. The third kappa shape index (κ3) is 7.49. The number of carbonyl (C=O) groups is 1. The van der Waals surface area contributed by atoms with Gasteiger partial charge in [0.2, 0.25) is 0 Å². The molecule has 0 radical (unpaired) electrons. The summed E-state index contributed by atoms with van der Waals surface area (Å²) in [4.78, 5) is 20.5. The van der Waals surface area contributed by atoms with Crippen molar-refractivity contribution >= 4 is 26.9 Å². The molecule has 6 aromatic rings. The molecular weight excluding hydrogens is 741 g/mol. The molecule has 1 aliphatic heterocycles. The van der Waals surface area contributed by atoms with E-state index in [-0.39, 0.29) is 47.3 Å². The summed E-state index contributed by atoms with van der Waals surface area (Å²) < 4.78 is 104. The number of amides is 1. The minimum atomic E-state index is -6.25. The number of fused-ring (bicyclic) bond motifs is 2. The van der Waals surface area contributed by atoms with Crippen LogP contribution < -0.4 is 18.4 Å². The lowest BCUT2D eigenvalue weighted by atomic mass is 9.98. The predicted molar refractivity (Wildman–Crippen MR) is 195 cm³/mol. The van der Waals surface area contributed by atoms with Crippen LogP contribution in [0.2, 0.25) is 0 Å². The van der Waals surface area contributed by atoms with Gasteiger partial charge in [0, 0.05) is 35.3 Å². The first-order chi connectivity index (χ1) is 26.4. The van der Waals surface area contributed by atoms with Gasteiger partial charge in [-0.1, -0.05) is 72.8 Å². The van der Waals surface area contributed by atoms with E-state index in [4.69, 9.17) is 18.4 Å². The molecule has 0 bridgehead atoms. The van der Waals surface area contributed by atoms with E-state index in [0.29, 0.717) is 39.3 Å². The molecule has 55 heavy (non-hydrogen) atoms. The van der Waals surface area contributed by atoms with Gasteiger partial charge in [0.05, 0.1) is 26.3 Å². The minimum absolute atomic E-state index is 0.0815. The standard InChI is InChI=1S/C41H32F4N2O7S/c1-51-31-18-15-29(34(21-31)52-2)23-47-24-33-35(40(47)48)39(53-37(27-9-5-3-6-10-27)28-11-7-4-8-12-28)36-32(38(33)54-55(49,50)41(43,44)45)20-26(22-46-36)19-25-13-16-30(42)17-14-25/h3-18,20-22,37H,19,23-24H2,1-2H3. The second-order valence-corrected chi connectivity index (χ2v) is 14.2. The first-order valence-corrected chi connectivity index (χ1v) is 18.3. The van der Waals surface area contributed by atoms with E-state index in [1.165, 1.54) is 55.6 Å². The largest absolute Gasteiger partial charge is 0.534 e. The van der Waals surface area contributed by atoms with Crippen LogP contribution in [0, 0.1) is 5.82 Å². The molecule has 5 aromatic carbocycles. The molecule has 2 heterocycles. The summed E-state index contributed by atoms with van der Waals surface area (Å²) in [6.45, 7) is -0.451. The lowest BCUT2D eigenvalue weighted by Gasteiger charge is -2.24. The number of carbonyl (C=O) groups excluding carboxylic acids is 1. The van der Waals surface area contributed by atoms with E-state index < -0.39 is 39.2 Å². The number of halogens is 4. The summed E-state index contributed by atoms with van der Waals surface area (Å²) in [7, 11) is -3.33. The molecule has 0 saturated heterocycles. The highest BCUT2D eigenvalue weighted by Gasteiger charge is 2.50. The lowest BCUT2D eigenvalue weighted by molar-refractivity contribution is -0.0499. The molecule has 0 fully saturated rings. The molecular formula is C41H32F4N2O7S. The topological polar surface area (TPSA) is 104 Å². The van der Waals surface area contributed by atoms with Crippen molar-refractivity contribution in [2.24, 2.45) is 0 Å². The maximum absolute atomic E-state index is 14.6. The Morgan fingerprint density at radius 1 is 0.818 bits per heavy atom. The van der Waals surface area contributed by atoms with Crippen LogP contribution in [0.1, 0.15) is 49.8 Å². The molecule has 0 spiro atoms. The zero-order valence-electron chi connectivity index (χ0n) is 29.3. The first kappa shape index (κ1) is 37.2. The lowest BCUT2D eigenvalue weighted by Crippen LogP contribution is -2.28. The van der Waals surface area contributed by atoms with Gasteiger partial charge in [-0.25, -0.2) is 4.39 Å². The Kier molecular flexibility index (Phi) is 10.1. The van der Waals surface area contributed by atoms with Gasteiger partial charge >= 0.3 is 15.6 Å². The van der Waals surface area contributed by atoms with Crippen LogP contribution in [0.3, 0.4) is 0 Å². The van der Waals surface area contributed by atoms with Gasteiger partial charge < -0.3 is 23.3 Å². The van der Waals surface area contributed by atoms with Crippen LogP contribution in [0.25, 0.3) is 10.9 Å². The van der Waals surface area contributed by atoms with Crippen molar-refractivity contribution in [1.82, 2.24) is 9.88 Å². The normalized spacial score (nSPS) is 12.9. The van der Waals surface area contributed by atoms with Crippen LogP contribution in [0.15, 0.2) is 115 Å². The van der Waals surface area contributed by atoms with Crippen LogP contribution >= 0.6 is 0 Å². The smallest absolute Gasteiger partial charge is 0.497 e. The minimum Gasteiger partial charge on any atom is -0.497 e. The Morgan fingerprint density at radius 2 is 1.47 bits per heavy atom. The van der Waals surface area contributed by atoms with Crippen molar-refractivity contribution in [2.75, 3.05) is 14.2 Å². The summed E-state index contributed by atoms with van der Waals surface area (Å²) in [5.41, 5.74) is -3.26. The molecule has 1 aromatic heterocycles. The molecule has 0 aliphatic carbocycles. The summed E-state index contributed by atoms with van der Waals surface area (Å²) in [5, 5.41) is -0.141. The highest BCUT2D eigenvalue weighted by Crippen LogP contribution is 2.48. The second-order valence-electron chi connectivity index (χ2n) is 12.7. The number of alkyl halides is 3. The Balaban J connectivity index is 1.46. The molecule has 0 saturated carbocycles. The van der Waals surface area contributed by atoms with Gasteiger partial charge in [-0.3, -0.25) is 9.78 Å². The monoisotopic (exact) mass is 772 g/mol. The molecule has 14 heteroatoms. The van der Waals surface area contributed by atoms with Crippen molar-refractivity contribution in [3.05, 3.63) is 160 Å². The zero-order chi connectivity index (χ0) is 38.9. The SMILES string of the molecule is COc1ccc(CN2Cc3c(c(OC(c4ccccc4)c4ccccc4)c4ncc(Cc5ccc(F)cc5)cc4c3OS(=O)(=O)C(F)(F)F)C2=O)c(OC)c1. The van der Waals surface area contributed by atoms with Gasteiger partial charge in [-0.05, 0) is 59.0 Å². The van der Waals surface area contributed by atoms with Crippen molar-refractivity contribution in [3.63, 3.8) is 0 Å². The number of pyridine rings is 1. The summed E-state index contributed by atoms with van der Waals surface area (Å²) in [6, 6.07) is 30.2. The van der Waals surface area contributed by atoms with Crippen LogP contribution in [0.5, 0.6) is 23.0 Å². The fourth-order valence-electron chi connectivity index (χ4n) is 6.51. The van der Waals surface area contributed by atoms with Gasteiger partial charge in [0.1, 0.15) is 28.9 Å². The molecule has 282 valence electrons. The summed E-state index contributed by atoms with van der Waals surface area (Å²) in [6.07, 6.45) is 0.748. The van der Waals surface area contributed by atoms with Crippen molar-refractivity contribution in [3.8, 4) is 23.0 Å². The van der Waals surface area contributed by atoms with E-state index in [1.54, 1.807) is 18.2 Å². The highest BCUT2D eigenvalue weighted by molar-refractivity contribution is 7.88. The number of rotatable bonds is 12. The average Bonchev–Trinajstić information content (AvgIpc) is 3.50. The van der Waals surface area contributed by atoms with E-state index in [1.807, 2.05) is 60.7 Å². The van der Waals surface area contributed by atoms with Crippen molar-refractivity contribution < 1.29 is 49.2 Å². The highest BCUT2D eigenvalue weighted by atomic mass is 32.2.